The van der Waals surface area contributed by atoms with Gasteiger partial charge in [-0.3, -0.25) is 0 Å². The largest absolute Gasteiger partial charge is 0.393 e. The maximum Gasteiger partial charge on any atom is 0.143 e. The molecule has 0 bridgehead atoms. The fourth-order valence-electron chi connectivity index (χ4n) is 1.65. The number of hydrogen-bond acceptors (Lipinski definition) is 5. The van der Waals surface area contributed by atoms with Gasteiger partial charge in [-0.25, -0.2) is 0 Å². The van der Waals surface area contributed by atoms with E-state index >= 15 is 0 Å². The second kappa shape index (κ2) is 3.89. The first kappa shape index (κ1) is 10.9. The molecule has 1 saturated heterocycles. The highest BCUT2D eigenvalue weighted by atomic mass is 16.6. The first-order chi connectivity index (χ1) is 6.05. The molecule has 3 unspecified atom stereocenters. The van der Waals surface area contributed by atoms with Gasteiger partial charge in [0.05, 0.1) is 25.4 Å². The van der Waals surface area contributed by atoms with Crippen molar-refractivity contribution in [2.24, 2.45) is 0 Å². The Kier molecular flexibility index (Phi) is 3.26. The van der Waals surface area contributed by atoms with Gasteiger partial charge < -0.3 is 25.2 Å². The van der Waals surface area contributed by atoms with Crippen molar-refractivity contribution in [2.75, 3.05) is 13.2 Å². The van der Waals surface area contributed by atoms with E-state index in [0.717, 1.165) is 0 Å². The fourth-order valence-corrected chi connectivity index (χ4v) is 1.65. The first-order valence-corrected chi connectivity index (χ1v) is 4.31. The van der Waals surface area contributed by atoms with Crippen LogP contribution in [-0.4, -0.2) is 57.6 Å². The Morgan fingerprint density at radius 2 is 1.85 bits per heavy atom. The lowest BCUT2D eigenvalue weighted by Crippen LogP contribution is -2.61. The van der Waals surface area contributed by atoms with E-state index in [9.17, 15) is 10.2 Å². The van der Waals surface area contributed by atoms with Crippen molar-refractivity contribution < 1.29 is 25.2 Å². The van der Waals surface area contributed by atoms with E-state index in [4.69, 9.17) is 14.9 Å². The molecule has 78 valence electrons. The van der Waals surface area contributed by atoms with Crippen molar-refractivity contribution in [3.8, 4) is 0 Å². The number of rotatable bonds is 2. The summed E-state index contributed by atoms with van der Waals surface area (Å²) < 4.78 is 5.24. The van der Waals surface area contributed by atoms with Gasteiger partial charge in [0, 0.05) is 6.42 Å². The number of aliphatic hydroxyl groups is 4. The van der Waals surface area contributed by atoms with Crippen LogP contribution in [0.3, 0.4) is 0 Å². The maximum absolute atomic E-state index is 9.51. The molecule has 1 heterocycles. The lowest BCUT2D eigenvalue weighted by molar-refractivity contribution is -0.248. The molecule has 5 nitrogen and oxygen atoms in total. The summed E-state index contributed by atoms with van der Waals surface area (Å²) in [5, 5.41) is 36.9. The molecular weight excluding hydrogens is 176 g/mol. The fraction of sp³-hybridized carbons (Fsp3) is 1.00. The van der Waals surface area contributed by atoms with Crippen molar-refractivity contribution in [1.29, 1.82) is 0 Å². The quantitative estimate of drug-likeness (QED) is 0.416. The van der Waals surface area contributed by atoms with Gasteiger partial charge in [-0.1, -0.05) is 0 Å². The van der Waals surface area contributed by atoms with Crippen molar-refractivity contribution in [3.63, 3.8) is 0 Å². The molecule has 0 aromatic carbocycles. The molecule has 1 rings (SSSR count). The zero-order valence-corrected chi connectivity index (χ0v) is 7.55. The van der Waals surface area contributed by atoms with Gasteiger partial charge >= 0.3 is 0 Å². The molecule has 0 spiro atoms. The van der Waals surface area contributed by atoms with E-state index in [0.29, 0.717) is 6.42 Å². The third-order valence-electron chi connectivity index (χ3n) is 2.45. The summed E-state index contributed by atoms with van der Waals surface area (Å²) in [6, 6.07) is 0. The molecule has 0 aromatic rings. The molecule has 13 heavy (non-hydrogen) atoms. The van der Waals surface area contributed by atoms with E-state index in [1.807, 2.05) is 0 Å². The molecule has 4 N–H and O–H groups in total. The first-order valence-electron chi connectivity index (χ1n) is 4.31. The van der Waals surface area contributed by atoms with Crippen LogP contribution in [0, 0.1) is 0 Å². The summed E-state index contributed by atoms with van der Waals surface area (Å²) in [7, 11) is 0. The van der Waals surface area contributed by atoms with Crippen LogP contribution in [0.4, 0.5) is 0 Å². The average Bonchev–Trinajstić information content (AvgIpc) is 2.11. The molecule has 1 aliphatic rings. The third kappa shape index (κ3) is 1.84. The van der Waals surface area contributed by atoms with Gasteiger partial charge in [0.2, 0.25) is 0 Å². The summed E-state index contributed by atoms with van der Waals surface area (Å²) in [4.78, 5) is 0. The lowest BCUT2D eigenvalue weighted by Gasteiger charge is -2.43. The normalized spacial score (nSPS) is 39.0. The molecular formula is C8H16O5. The Labute approximate surface area is 76.6 Å². The molecule has 0 aromatic heterocycles. The van der Waals surface area contributed by atoms with Gasteiger partial charge in [0.25, 0.3) is 0 Å². The van der Waals surface area contributed by atoms with Crippen molar-refractivity contribution >= 4 is 0 Å². The predicted molar refractivity (Wildman–Crippen MR) is 44.1 cm³/mol. The zero-order chi connectivity index (χ0) is 10.1. The Morgan fingerprint density at radius 1 is 1.31 bits per heavy atom. The van der Waals surface area contributed by atoms with Crippen molar-refractivity contribution in [2.45, 2.75) is 37.3 Å². The average molecular weight is 192 g/mol. The Morgan fingerprint density at radius 3 is 2.31 bits per heavy atom. The number of ether oxygens (including phenoxy) is 1. The second-order valence-corrected chi connectivity index (χ2v) is 3.56. The second-order valence-electron chi connectivity index (χ2n) is 3.56. The SMILES string of the molecule is CC1CC(O)C(O)C(CO)(CO)O1. The minimum atomic E-state index is -1.42. The highest BCUT2D eigenvalue weighted by Crippen LogP contribution is 2.28. The summed E-state index contributed by atoms with van der Waals surface area (Å²) in [6.07, 6.45) is -2.16. The van der Waals surface area contributed by atoms with E-state index in [-0.39, 0.29) is 6.10 Å². The van der Waals surface area contributed by atoms with E-state index < -0.39 is 31.0 Å². The van der Waals surface area contributed by atoms with Gasteiger partial charge in [-0.2, -0.15) is 0 Å². The molecule has 0 radical (unpaired) electrons. The topological polar surface area (TPSA) is 90.2 Å². The smallest absolute Gasteiger partial charge is 0.143 e. The van der Waals surface area contributed by atoms with Crippen LogP contribution in [0.5, 0.6) is 0 Å². The van der Waals surface area contributed by atoms with Crippen LogP contribution in [0.2, 0.25) is 0 Å². The summed E-state index contributed by atoms with van der Waals surface area (Å²) >= 11 is 0. The van der Waals surface area contributed by atoms with Crippen LogP contribution < -0.4 is 0 Å². The molecule has 3 atom stereocenters. The Bertz CT molecular complexity index is 168. The maximum atomic E-state index is 9.51. The van der Waals surface area contributed by atoms with Crippen LogP contribution in [0.15, 0.2) is 0 Å². The van der Waals surface area contributed by atoms with Gasteiger partial charge in [0.1, 0.15) is 11.7 Å². The van der Waals surface area contributed by atoms with Crippen molar-refractivity contribution in [3.05, 3.63) is 0 Å². The summed E-state index contributed by atoms with van der Waals surface area (Å²) in [5.41, 5.74) is -1.42. The van der Waals surface area contributed by atoms with Gasteiger partial charge in [-0.15, -0.1) is 0 Å². The summed E-state index contributed by atoms with van der Waals surface area (Å²) in [5.74, 6) is 0. The lowest BCUT2D eigenvalue weighted by atomic mass is 9.88. The van der Waals surface area contributed by atoms with Crippen LogP contribution in [0.1, 0.15) is 13.3 Å². The molecule has 1 aliphatic heterocycles. The predicted octanol–water partition coefficient (Wildman–Crippen LogP) is -1.76. The van der Waals surface area contributed by atoms with E-state index in [1.165, 1.54) is 0 Å². The molecule has 0 amide bonds. The monoisotopic (exact) mass is 192 g/mol. The standard InChI is InChI=1S/C8H16O5/c1-5-2-6(11)7(12)8(3-9,4-10)13-5/h5-7,9-12H,2-4H2,1H3. The Hall–Kier alpha value is -0.200. The third-order valence-corrected chi connectivity index (χ3v) is 2.45. The number of hydrogen-bond donors (Lipinski definition) is 4. The van der Waals surface area contributed by atoms with Crippen LogP contribution in [-0.2, 0) is 4.74 Å². The van der Waals surface area contributed by atoms with Crippen LogP contribution in [0.25, 0.3) is 0 Å². The number of aliphatic hydroxyl groups excluding tert-OH is 4. The van der Waals surface area contributed by atoms with Crippen LogP contribution >= 0.6 is 0 Å². The van der Waals surface area contributed by atoms with Crippen molar-refractivity contribution in [1.82, 2.24) is 0 Å². The Balaban J connectivity index is 2.80. The highest BCUT2D eigenvalue weighted by Gasteiger charge is 2.47. The minimum Gasteiger partial charge on any atom is -0.393 e. The van der Waals surface area contributed by atoms with E-state index in [2.05, 4.69) is 0 Å². The minimum absolute atomic E-state index is 0.280. The zero-order valence-electron chi connectivity index (χ0n) is 7.55. The molecule has 5 heteroatoms. The van der Waals surface area contributed by atoms with Gasteiger partial charge in [0.15, 0.2) is 0 Å². The highest BCUT2D eigenvalue weighted by molar-refractivity contribution is 4.96. The van der Waals surface area contributed by atoms with E-state index in [1.54, 1.807) is 6.92 Å². The molecule has 0 aliphatic carbocycles. The molecule has 1 fully saturated rings. The summed E-state index contributed by atoms with van der Waals surface area (Å²) in [6.45, 7) is 0.702. The molecule has 0 saturated carbocycles. The van der Waals surface area contributed by atoms with Gasteiger partial charge in [-0.05, 0) is 6.92 Å².